The molecule has 0 aromatic rings. The van der Waals surface area contributed by atoms with Crippen LogP contribution in [0.1, 0.15) is 40.0 Å². The maximum atomic E-state index is 11.9. The van der Waals surface area contributed by atoms with Crippen LogP contribution in [-0.4, -0.2) is 59.4 Å². The summed E-state index contributed by atoms with van der Waals surface area (Å²) in [6, 6.07) is 0. The van der Waals surface area contributed by atoms with Gasteiger partial charge in [0.2, 0.25) is 17.7 Å². The van der Waals surface area contributed by atoms with E-state index in [1.165, 1.54) is 16.7 Å². The maximum Gasteiger partial charge on any atom is 0.242 e. The van der Waals surface area contributed by atoms with Crippen molar-refractivity contribution in [3.8, 4) is 0 Å². The second-order valence-corrected chi connectivity index (χ2v) is 6.90. The predicted molar refractivity (Wildman–Crippen MR) is 86.6 cm³/mol. The Kier molecular flexibility index (Phi) is 7.35. The molecule has 1 fully saturated rings. The number of hydrogen-bond acceptors (Lipinski definition) is 5. The van der Waals surface area contributed by atoms with Crippen molar-refractivity contribution >= 4 is 29.5 Å². The van der Waals surface area contributed by atoms with Crippen molar-refractivity contribution in [2.24, 2.45) is 0 Å². The number of hydrogen-bond donors (Lipinski definition) is 1. The smallest absolute Gasteiger partial charge is 0.242 e. The highest BCUT2D eigenvalue weighted by atomic mass is 32.2. The first-order chi connectivity index (χ1) is 10.3. The molecular weight excluding hydrogens is 304 g/mol. The first kappa shape index (κ1) is 19.0. The Balaban J connectivity index is 2.29. The monoisotopic (exact) mass is 330 g/mol. The SMILES string of the molecule is CCOC(C)(C)CCNC(=O)CCN1C(=O)CC(SC)C1=O. The van der Waals surface area contributed by atoms with Gasteiger partial charge in [0.1, 0.15) is 0 Å². The van der Waals surface area contributed by atoms with Crippen molar-refractivity contribution in [1.29, 1.82) is 0 Å². The molecule has 1 aliphatic rings. The number of carbonyl (C=O) groups is 3. The number of nitrogens with one attached hydrogen (secondary N) is 1. The first-order valence-corrected chi connectivity index (χ1v) is 8.87. The molecule has 1 aliphatic heterocycles. The van der Waals surface area contributed by atoms with E-state index in [4.69, 9.17) is 4.74 Å². The van der Waals surface area contributed by atoms with Crippen molar-refractivity contribution in [3.05, 3.63) is 0 Å². The van der Waals surface area contributed by atoms with Crippen LogP contribution in [0, 0.1) is 0 Å². The van der Waals surface area contributed by atoms with Crippen LogP contribution >= 0.6 is 11.8 Å². The Bertz CT molecular complexity index is 426. The second kappa shape index (κ2) is 8.53. The molecule has 0 aromatic carbocycles. The highest BCUT2D eigenvalue weighted by Gasteiger charge is 2.37. The van der Waals surface area contributed by atoms with Gasteiger partial charge in [0.15, 0.2) is 0 Å². The van der Waals surface area contributed by atoms with Gasteiger partial charge in [-0.05, 0) is 33.4 Å². The lowest BCUT2D eigenvalue weighted by Crippen LogP contribution is -2.37. The molecule has 22 heavy (non-hydrogen) atoms. The van der Waals surface area contributed by atoms with Crippen LogP contribution in [0.4, 0.5) is 0 Å². The van der Waals surface area contributed by atoms with Gasteiger partial charge in [-0.3, -0.25) is 19.3 Å². The summed E-state index contributed by atoms with van der Waals surface area (Å²) in [5.74, 6) is -0.516. The average Bonchev–Trinajstić information content (AvgIpc) is 2.70. The standard InChI is InChI=1S/C15H26N2O4S/c1-5-21-15(2,3)7-8-16-12(18)6-9-17-13(19)10-11(22-4)14(17)20/h11H,5-10H2,1-4H3,(H,16,18). The van der Waals surface area contributed by atoms with Gasteiger partial charge in [0.25, 0.3) is 0 Å². The number of nitrogens with zero attached hydrogens (tertiary/aromatic N) is 1. The van der Waals surface area contributed by atoms with Crippen LogP contribution < -0.4 is 5.32 Å². The Morgan fingerprint density at radius 3 is 2.68 bits per heavy atom. The quantitative estimate of drug-likeness (QED) is 0.643. The van der Waals surface area contributed by atoms with E-state index in [1.54, 1.807) is 0 Å². The van der Waals surface area contributed by atoms with Crippen LogP contribution in [0.3, 0.4) is 0 Å². The number of imide groups is 1. The zero-order valence-corrected chi connectivity index (χ0v) is 14.6. The summed E-state index contributed by atoms with van der Waals surface area (Å²) in [6.07, 6.45) is 2.91. The van der Waals surface area contributed by atoms with Gasteiger partial charge in [-0.2, -0.15) is 11.8 Å². The van der Waals surface area contributed by atoms with Gasteiger partial charge in [-0.15, -0.1) is 0 Å². The molecule has 1 heterocycles. The van der Waals surface area contributed by atoms with Crippen molar-refractivity contribution < 1.29 is 19.1 Å². The van der Waals surface area contributed by atoms with E-state index in [9.17, 15) is 14.4 Å². The van der Waals surface area contributed by atoms with E-state index in [0.717, 1.165) is 0 Å². The number of likely N-dealkylation sites (tertiary alicyclic amines) is 1. The van der Waals surface area contributed by atoms with E-state index in [0.29, 0.717) is 19.6 Å². The third-order valence-electron chi connectivity index (χ3n) is 3.63. The molecule has 0 radical (unpaired) electrons. The van der Waals surface area contributed by atoms with Crippen molar-refractivity contribution in [2.45, 2.75) is 50.9 Å². The van der Waals surface area contributed by atoms with Gasteiger partial charge >= 0.3 is 0 Å². The Labute approximate surface area is 136 Å². The zero-order chi connectivity index (χ0) is 16.8. The summed E-state index contributed by atoms with van der Waals surface area (Å²) >= 11 is 1.38. The minimum Gasteiger partial charge on any atom is -0.376 e. The second-order valence-electron chi connectivity index (χ2n) is 5.85. The molecule has 1 N–H and O–H groups in total. The van der Waals surface area contributed by atoms with E-state index in [-0.39, 0.29) is 48.0 Å². The number of ether oxygens (including phenoxy) is 1. The van der Waals surface area contributed by atoms with Gasteiger partial charge < -0.3 is 10.1 Å². The molecule has 126 valence electrons. The molecule has 1 atom stereocenters. The van der Waals surface area contributed by atoms with Crippen LogP contribution in [0.15, 0.2) is 0 Å². The largest absolute Gasteiger partial charge is 0.376 e. The summed E-state index contributed by atoms with van der Waals surface area (Å²) in [5, 5.41) is 2.51. The third kappa shape index (κ3) is 5.61. The molecule has 0 saturated carbocycles. The third-order valence-corrected chi connectivity index (χ3v) is 4.57. The fourth-order valence-electron chi connectivity index (χ4n) is 2.34. The van der Waals surface area contributed by atoms with E-state index < -0.39 is 0 Å². The summed E-state index contributed by atoms with van der Waals surface area (Å²) in [7, 11) is 0. The molecule has 1 saturated heterocycles. The Morgan fingerprint density at radius 2 is 2.14 bits per heavy atom. The number of thioether (sulfide) groups is 1. The number of rotatable bonds is 9. The molecule has 7 heteroatoms. The van der Waals surface area contributed by atoms with Crippen molar-refractivity contribution in [2.75, 3.05) is 26.0 Å². The lowest BCUT2D eigenvalue weighted by atomic mass is 10.1. The van der Waals surface area contributed by atoms with E-state index in [1.807, 2.05) is 27.0 Å². The molecule has 1 rings (SSSR count). The fraction of sp³-hybridized carbons (Fsp3) is 0.800. The molecular formula is C15H26N2O4S. The summed E-state index contributed by atoms with van der Waals surface area (Å²) in [4.78, 5) is 36.6. The Hall–Kier alpha value is -1.08. The highest BCUT2D eigenvalue weighted by Crippen LogP contribution is 2.23. The zero-order valence-electron chi connectivity index (χ0n) is 13.8. The lowest BCUT2D eigenvalue weighted by Gasteiger charge is -2.24. The summed E-state index contributed by atoms with van der Waals surface area (Å²) in [6.45, 7) is 7.21. The Morgan fingerprint density at radius 1 is 1.45 bits per heavy atom. The van der Waals surface area contributed by atoms with Crippen LogP contribution in [-0.2, 0) is 19.1 Å². The van der Waals surface area contributed by atoms with Crippen LogP contribution in [0.2, 0.25) is 0 Å². The molecule has 1 unspecified atom stereocenters. The molecule has 3 amide bonds. The minimum atomic E-state index is -0.289. The molecule has 0 aromatic heterocycles. The fourth-order valence-corrected chi connectivity index (χ4v) is 2.98. The number of amides is 3. The lowest BCUT2D eigenvalue weighted by molar-refractivity contribution is -0.138. The first-order valence-electron chi connectivity index (χ1n) is 7.58. The summed E-state index contributed by atoms with van der Waals surface area (Å²) < 4.78 is 5.55. The van der Waals surface area contributed by atoms with Crippen LogP contribution in [0.5, 0.6) is 0 Å². The molecule has 6 nitrogen and oxygen atoms in total. The predicted octanol–water partition coefficient (Wildman–Crippen LogP) is 1.19. The van der Waals surface area contributed by atoms with Crippen molar-refractivity contribution in [3.63, 3.8) is 0 Å². The molecule has 0 spiro atoms. The van der Waals surface area contributed by atoms with Gasteiger partial charge in [0.05, 0.1) is 10.9 Å². The normalized spacial score (nSPS) is 18.9. The van der Waals surface area contributed by atoms with Gasteiger partial charge in [0, 0.05) is 32.5 Å². The average molecular weight is 330 g/mol. The van der Waals surface area contributed by atoms with Gasteiger partial charge in [-0.25, -0.2) is 0 Å². The number of carbonyl (C=O) groups excluding carboxylic acids is 3. The highest BCUT2D eigenvalue weighted by molar-refractivity contribution is 8.00. The topological polar surface area (TPSA) is 75.7 Å². The molecule has 0 aliphatic carbocycles. The van der Waals surface area contributed by atoms with E-state index in [2.05, 4.69) is 5.32 Å². The molecule has 0 bridgehead atoms. The minimum absolute atomic E-state index is 0.146. The van der Waals surface area contributed by atoms with Crippen LogP contribution in [0.25, 0.3) is 0 Å². The maximum absolute atomic E-state index is 11.9. The summed E-state index contributed by atoms with van der Waals surface area (Å²) in [5.41, 5.74) is -0.269. The van der Waals surface area contributed by atoms with Crippen molar-refractivity contribution in [1.82, 2.24) is 10.2 Å². The van der Waals surface area contributed by atoms with E-state index >= 15 is 0 Å². The van der Waals surface area contributed by atoms with Gasteiger partial charge in [-0.1, -0.05) is 0 Å².